The van der Waals surface area contributed by atoms with Gasteiger partial charge in [-0.1, -0.05) is 12.1 Å². The summed E-state index contributed by atoms with van der Waals surface area (Å²) in [4.78, 5) is 2.25. The zero-order chi connectivity index (χ0) is 19.9. The number of aryl methyl sites for hydroxylation is 2. The quantitative estimate of drug-likeness (QED) is 0.542. The maximum absolute atomic E-state index is 13.9. The van der Waals surface area contributed by atoms with Crippen LogP contribution in [0.4, 0.5) is 17.6 Å². The van der Waals surface area contributed by atoms with Crippen LogP contribution in [0.2, 0.25) is 0 Å². The second-order valence-corrected chi connectivity index (χ2v) is 7.52. The average Bonchev–Trinajstić information content (AvgIpc) is 2.78. The Morgan fingerprint density at radius 1 is 1.04 bits per heavy atom. The van der Waals surface area contributed by atoms with E-state index in [9.17, 15) is 17.6 Å². The largest absolute Gasteiger partial charge is 0.416 e. The zero-order valence-electron chi connectivity index (χ0n) is 15.7. The Morgan fingerprint density at radius 3 is 2.50 bits per heavy atom. The van der Waals surface area contributed by atoms with Gasteiger partial charge >= 0.3 is 6.18 Å². The highest BCUT2D eigenvalue weighted by Gasteiger charge is 2.30. The normalized spacial score (nSPS) is 15.6. The summed E-state index contributed by atoms with van der Waals surface area (Å²) in [5.41, 5.74) is 3.61. The third kappa shape index (κ3) is 3.65. The predicted molar refractivity (Wildman–Crippen MR) is 102 cm³/mol. The van der Waals surface area contributed by atoms with E-state index in [1.54, 1.807) is 18.2 Å². The highest BCUT2D eigenvalue weighted by Crippen LogP contribution is 2.32. The van der Waals surface area contributed by atoms with Gasteiger partial charge in [0.2, 0.25) is 0 Å². The van der Waals surface area contributed by atoms with Gasteiger partial charge in [-0.3, -0.25) is 0 Å². The fourth-order valence-corrected chi connectivity index (χ4v) is 4.13. The monoisotopic (exact) mass is 390 g/mol. The highest BCUT2D eigenvalue weighted by molar-refractivity contribution is 5.85. The van der Waals surface area contributed by atoms with Crippen LogP contribution in [-0.2, 0) is 32.1 Å². The zero-order valence-corrected chi connectivity index (χ0v) is 15.7. The summed E-state index contributed by atoms with van der Waals surface area (Å²) < 4.78 is 54.4. The van der Waals surface area contributed by atoms with Gasteiger partial charge in [0, 0.05) is 29.7 Å². The molecule has 2 nitrogen and oxygen atoms in total. The molecule has 28 heavy (non-hydrogen) atoms. The van der Waals surface area contributed by atoms with E-state index in [0.29, 0.717) is 13.0 Å². The molecule has 0 saturated heterocycles. The first-order valence-corrected chi connectivity index (χ1v) is 9.47. The maximum atomic E-state index is 13.9. The fourth-order valence-electron chi connectivity index (χ4n) is 4.13. The van der Waals surface area contributed by atoms with Crippen LogP contribution in [0.25, 0.3) is 10.9 Å². The molecular formula is C22H22F4N2. The van der Waals surface area contributed by atoms with Crippen molar-refractivity contribution in [1.29, 1.82) is 0 Å². The summed E-state index contributed by atoms with van der Waals surface area (Å²) in [6.07, 6.45) is -1.74. The first-order valence-electron chi connectivity index (χ1n) is 9.47. The summed E-state index contributed by atoms with van der Waals surface area (Å²) in [6.45, 7) is 2.43. The molecule has 1 aliphatic rings. The van der Waals surface area contributed by atoms with Crippen LogP contribution in [0, 0.1) is 5.82 Å². The van der Waals surface area contributed by atoms with Gasteiger partial charge in [-0.2, -0.15) is 13.2 Å². The molecule has 0 atom stereocenters. The summed E-state index contributed by atoms with van der Waals surface area (Å²) in [6, 6.07) is 10.2. The molecule has 0 bridgehead atoms. The summed E-state index contributed by atoms with van der Waals surface area (Å²) in [5.74, 6) is -0.248. The number of hydrogen-bond acceptors (Lipinski definition) is 1. The van der Waals surface area contributed by atoms with E-state index in [2.05, 4.69) is 16.5 Å². The standard InChI is InChI=1S/C22H22F4N2/c1-27-11-2-3-20-19(14-27)18-13-17(23)8-9-21(18)28(20)12-10-15-4-6-16(7-5-15)22(24,25)26/h4-9,13H,2-3,10-12,14H2,1H3. The number of fused-ring (bicyclic) bond motifs is 3. The van der Waals surface area contributed by atoms with Crippen LogP contribution in [-0.4, -0.2) is 23.1 Å². The predicted octanol–water partition coefficient (Wildman–Crippen LogP) is 5.42. The van der Waals surface area contributed by atoms with Crippen molar-refractivity contribution in [3.05, 3.63) is 70.7 Å². The lowest BCUT2D eigenvalue weighted by Gasteiger charge is -2.12. The van der Waals surface area contributed by atoms with Crippen LogP contribution in [0.3, 0.4) is 0 Å². The topological polar surface area (TPSA) is 8.17 Å². The third-order valence-electron chi connectivity index (χ3n) is 5.54. The van der Waals surface area contributed by atoms with Crippen molar-refractivity contribution in [1.82, 2.24) is 9.47 Å². The van der Waals surface area contributed by atoms with Crippen molar-refractivity contribution in [2.24, 2.45) is 0 Å². The van der Waals surface area contributed by atoms with Gasteiger partial charge in [-0.05, 0) is 74.3 Å². The fraction of sp³-hybridized carbons (Fsp3) is 0.364. The van der Waals surface area contributed by atoms with Crippen molar-refractivity contribution in [2.75, 3.05) is 13.6 Å². The van der Waals surface area contributed by atoms with E-state index in [4.69, 9.17) is 0 Å². The minimum absolute atomic E-state index is 0.248. The van der Waals surface area contributed by atoms with Crippen LogP contribution in [0.15, 0.2) is 42.5 Å². The van der Waals surface area contributed by atoms with Gasteiger partial charge in [0.1, 0.15) is 5.82 Å². The molecule has 0 saturated carbocycles. The molecule has 4 rings (SSSR count). The number of rotatable bonds is 3. The number of hydrogen-bond donors (Lipinski definition) is 0. The van der Waals surface area contributed by atoms with Crippen molar-refractivity contribution < 1.29 is 17.6 Å². The van der Waals surface area contributed by atoms with Crippen molar-refractivity contribution >= 4 is 10.9 Å². The van der Waals surface area contributed by atoms with E-state index in [1.807, 2.05) is 6.07 Å². The lowest BCUT2D eigenvalue weighted by Crippen LogP contribution is -2.17. The van der Waals surface area contributed by atoms with E-state index in [-0.39, 0.29) is 5.82 Å². The van der Waals surface area contributed by atoms with Gasteiger partial charge in [0.15, 0.2) is 0 Å². The lowest BCUT2D eigenvalue weighted by molar-refractivity contribution is -0.137. The van der Waals surface area contributed by atoms with E-state index >= 15 is 0 Å². The Hall–Kier alpha value is -2.34. The molecule has 0 unspecified atom stereocenters. The highest BCUT2D eigenvalue weighted by atomic mass is 19.4. The van der Waals surface area contributed by atoms with Gasteiger partial charge < -0.3 is 9.47 Å². The molecule has 6 heteroatoms. The number of benzene rings is 2. The van der Waals surface area contributed by atoms with E-state index in [1.165, 1.54) is 17.3 Å². The molecule has 0 radical (unpaired) electrons. The minimum atomic E-state index is -4.32. The SMILES string of the molecule is CN1CCCc2c(c3cc(F)ccc3n2CCc2ccc(C(F)(F)F)cc2)C1. The Labute approximate surface area is 161 Å². The van der Waals surface area contributed by atoms with Crippen LogP contribution < -0.4 is 0 Å². The minimum Gasteiger partial charge on any atom is -0.344 e. The van der Waals surface area contributed by atoms with Crippen LogP contribution >= 0.6 is 0 Å². The van der Waals surface area contributed by atoms with Crippen LogP contribution in [0.5, 0.6) is 0 Å². The molecule has 2 heterocycles. The Kier molecular flexibility index (Phi) is 4.91. The summed E-state index contributed by atoms with van der Waals surface area (Å²) >= 11 is 0. The van der Waals surface area contributed by atoms with Gasteiger partial charge in [0.25, 0.3) is 0 Å². The number of nitrogens with zero attached hydrogens (tertiary/aromatic N) is 2. The Balaban J connectivity index is 1.66. The second-order valence-electron chi connectivity index (χ2n) is 7.52. The van der Waals surface area contributed by atoms with Gasteiger partial charge in [0.05, 0.1) is 5.56 Å². The second kappa shape index (κ2) is 7.24. The summed E-state index contributed by atoms with van der Waals surface area (Å²) in [7, 11) is 2.07. The van der Waals surface area contributed by atoms with Crippen molar-refractivity contribution in [3.8, 4) is 0 Å². The average molecular weight is 390 g/mol. The Morgan fingerprint density at radius 2 is 1.79 bits per heavy atom. The molecule has 148 valence electrons. The molecular weight excluding hydrogens is 368 g/mol. The lowest BCUT2D eigenvalue weighted by atomic mass is 10.1. The molecule has 0 fully saturated rings. The molecule has 3 aromatic rings. The van der Waals surface area contributed by atoms with E-state index < -0.39 is 11.7 Å². The molecule has 1 aliphatic heterocycles. The molecule has 0 amide bonds. The molecule has 0 aliphatic carbocycles. The molecule has 1 aromatic heterocycles. The van der Waals surface area contributed by atoms with E-state index in [0.717, 1.165) is 54.5 Å². The van der Waals surface area contributed by atoms with Crippen molar-refractivity contribution in [2.45, 2.75) is 38.5 Å². The summed E-state index contributed by atoms with van der Waals surface area (Å²) in [5, 5.41) is 0.941. The smallest absolute Gasteiger partial charge is 0.344 e. The molecule has 0 N–H and O–H groups in total. The maximum Gasteiger partial charge on any atom is 0.416 e. The first kappa shape index (κ1) is 19.0. The van der Waals surface area contributed by atoms with Gasteiger partial charge in [-0.15, -0.1) is 0 Å². The Bertz CT molecular complexity index is 986. The number of aromatic nitrogens is 1. The number of halogens is 4. The number of alkyl halides is 3. The van der Waals surface area contributed by atoms with Crippen LogP contribution in [0.1, 0.15) is 28.8 Å². The molecule has 0 spiro atoms. The third-order valence-corrected chi connectivity index (χ3v) is 5.54. The molecule has 2 aromatic carbocycles. The van der Waals surface area contributed by atoms with Crippen molar-refractivity contribution in [3.63, 3.8) is 0 Å². The van der Waals surface area contributed by atoms with Gasteiger partial charge in [-0.25, -0.2) is 4.39 Å². The first-order chi connectivity index (χ1) is 13.3.